The van der Waals surface area contributed by atoms with Gasteiger partial charge in [-0.05, 0) is 37.9 Å². The van der Waals surface area contributed by atoms with E-state index in [1.54, 1.807) is 10.6 Å². The first-order valence-corrected chi connectivity index (χ1v) is 9.78. The number of carbonyl (C=O) groups is 1. The molecule has 1 atom stereocenters. The van der Waals surface area contributed by atoms with Gasteiger partial charge in [0.15, 0.2) is 9.60 Å². The van der Waals surface area contributed by atoms with Gasteiger partial charge in [0.1, 0.15) is 17.6 Å². The molecule has 25 heavy (non-hydrogen) atoms. The average molecular weight is 379 g/mol. The van der Waals surface area contributed by atoms with Crippen molar-refractivity contribution in [3.8, 4) is 0 Å². The lowest BCUT2D eigenvalue weighted by Gasteiger charge is -2.35. The highest BCUT2D eigenvalue weighted by Gasteiger charge is 2.25. The highest BCUT2D eigenvalue weighted by Crippen LogP contribution is 2.20. The molecule has 0 aliphatic carbocycles. The smallest absolute Gasteiger partial charge is 0.273 e. The van der Waals surface area contributed by atoms with Crippen molar-refractivity contribution in [1.29, 1.82) is 0 Å². The maximum absolute atomic E-state index is 12.7. The molecule has 0 N–H and O–H groups in total. The minimum atomic E-state index is -0.206. The number of amides is 1. The highest BCUT2D eigenvalue weighted by atomic mass is 32.1. The summed E-state index contributed by atoms with van der Waals surface area (Å²) in [5, 5.41) is 0. The molecule has 0 aromatic carbocycles. The summed E-state index contributed by atoms with van der Waals surface area (Å²) in [4.78, 5) is 31.7. The molecule has 1 saturated heterocycles. The first-order valence-electron chi connectivity index (χ1n) is 8.56. The van der Waals surface area contributed by atoms with Crippen molar-refractivity contribution in [2.75, 3.05) is 6.54 Å². The lowest BCUT2D eigenvalue weighted by atomic mass is 10.00. The maximum atomic E-state index is 12.7. The van der Waals surface area contributed by atoms with E-state index < -0.39 is 0 Å². The molecule has 0 bridgehead atoms. The van der Waals surface area contributed by atoms with Gasteiger partial charge in [-0.1, -0.05) is 24.3 Å². The summed E-state index contributed by atoms with van der Waals surface area (Å²) in [5.74, 6) is -0.0103. The Labute approximate surface area is 155 Å². The van der Waals surface area contributed by atoms with Crippen LogP contribution in [0, 0.1) is 3.95 Å². The Balaban J connectivity index is 1.90. The fourth-order valence-corrected chi connectivity index (χ4v) is 4.68. The number of aromatic nitrogens is 3. The minimum absolute atomic E-state index is 0.0103. The Bertz CT molecular complexity index is 911. The van der Waals surface area contributed by atoms with E-state index in [1.165, 1.54) is 22.2 Å². The Morgan fingerprint density at radius 3 is 3.04 bits per heavy atom. The largest absolute Gasteiger partial charge is 0.338 e. The predicted octanol–water partition coefficient (Wildman–Crippen LogP) is 2.97. The maximum Gasteiger partial charge on any atom is 0.273 e. The molecule has 1 fully saturated rings. The van der Waals surface area contributed by atoms with Crippen LogP contribution in [-0.2, 0) is 17.9 Å². The number of thiazole rings is 1. The normalized spacial score (nSPS) is 17.8. The van der Waals surface area contributed by atoms with E-state index in [1.807, 2.05) is 4.90 Å². The van der Waals surface area contributed by atoms with Crippen LogP contribution in [0.15, 0.2) is 23.8 Å². The minimum Gasteiger partial charge on any atom is -0.338 e. The SMILES string of the molecule is C=CCn1c(=S)sc2c(=O)n(CC(=O)N3CCCCC3CC)cnc21. The summed E-state index contributed by atoms with van der Waals surface area (Å²) in [5.41, 5.74) is 0.357. The fourth-order valence-electron chi connectivity index (χ4n) is 3.36. The van der Waals surface area contributed by atoms with Crippen LogP contribution in [0.25, 0.3) is 10.3 Å². The Kier molecular flexibility index (Phi) is 5.48. The van der Waals surface area contributed by atoms with Crippen LogP contribution in [-0.4, -0.2) is 37.5 Å². The molecular formula is C17H22N4O2S2. The van der Waals surface area contributed by atoms with Crippen molar-refractivity contribution < 1.29 is 4.79 Å². The third kappa shape index (κ3) is 3.46. The van der Waals surface area contributed by atoms with Crippen molar-refractivity contribution >= 4 is 39.8 Å². The zero-order valence-corrected chi connectivity index (χ0v) is 15.9. The summed E-state index contributed by atoms with van der Waals surface area (Å²) >= 11 is 6.55. The number of carbonyl (C=O) groups excluding carboxylic acids is 1. The Morgan fingerprint density at radius 2 is 2.32 bits per heavy atom. The van der Waals surface area contributed by atoms with Crippen LogP contribution in [0.2, 0.25) is 0 Å². The van der Waals surface area contributed by atoms with Crippen molar-refractivity contribution in [3.05, 3.63) is 33.3 Å². The second kappa shape index (κ2) is 7.61. The van der Waals surface area contributed by atoms with Crippen molar-refractivity contribution in [2.45, 2.75) is 51.7 Å². The molecule has 3 heterocycles. The van der Waals surface area contributed by atoms with Gasteiger partial charge in [0.05, 0.1) is 0 Å². The van der Waals surface area contributed by atoms with E-state index in [4.69, 9.17) is 12.2 Å². The highest BCUT2D eigenvalue weighted by molar-refractivity contribution is 7.73. The van der Waals surface area contributed by atoms with Gasteiger partial charge < -0.3 is 9.47 Å². The van der Waals surface area contributed by atoms with Crippen LogP contribution in [0.5, 0.6) is 0 Å². The molecule has 134 valence electrons. The molecule has 2 aromatic heterocycles. The summed E-state index contributed by atoms with van der Waals surface area (Å²) in [6.07, 6.45) is 7.36. The van der Waals surface area contributed by atoms with Crippen LogP contribution < -0.4 is 5.56 Å². The number of rotatable bonds is 5. The Hall–Kier alpha value is -1.80. The molecule has 1 amide bonds. The van der Waals surface area contributed by atoms with E-state index in [0.717, 1.165) is 32.2 Å². The fraction of sp³-hybridized carbons (Fsp3) is 0.529. The number of hydrogen-bond donors (Lipinski definition) is 0. The zero-order chi connectivity index (χ0) is 18.0. The first-order chi connectivity index (χ1) is 12.1. The first kappa shape index (κ1) is 18.0. The van der Waals surface area contributed by atoms with Gasteiger partial charge in [-0.2, -0.15) is 0 Å². The van der Waals surface area contributed by atoms with Crippen LogP contribution >= 0.6 is 23.6 Å². The van der Waals surface area contributed by atoms with Crippen LogP contribution in [0.1, 0.15) is 32.6 Å². The molecule has 1 unspecified atom stereocenters. The molecule has 6 nitrogen and oxygen atoms in total. The van der Waals surface area contributed by atoms with Gasteiger partial charge in [-0.15, -0.1) is 6.58 Å². The van der Waals surface area contributed by atoms with Gasteiger partial charge in [0, 0.05) is 19.1 Å². The van der Waals surface area contributed by atoms with E-state index in [2.05, 4.69) is 18.5 Å². The number of fused-ring (bicyclic) bond motifs is 1. The van der Waals surface area contributed by atoms with Gasteiger partial charge in [-0.25, -0.2) is 4.98 Å². The van der Waals surface area contributed by atoms with Crippen molar-refractivity contribution in [3.63, 3.8) is 0 Å². The van der Waals surface area contributed by atoms with E-state index in [-0.39, 0.29) is 24.1 Å². The van der Waals surface area contributed by atoms with E-state index in [9.17, 15) is 9.59 Å². The quantitative estimate of drug-likeness (QED) is 0.593. The average Bonchev–Trinajstić information content (AvgIpc) is 2.94. The number of nitrogens with zero attached hydrogens (tertiary/aromatic N) is 4. The van der Waals surface area contributed by atoms with Crippen molar-refractivity contribution in [2.24, 2.45) is 0 Å². The topological polar surface area (TPSA) is 60.1 Å². The predicted molar refractivity (Wildman–Crippen MR) is 103 cm³/mol. The van der Waals surface area contributed by atoms with Gasteiger partial charge in [-0.3, -0.25) is 14.2 Å². The molecule has 0 saturated carbocycles. The second-order valence-corrected chi connectivity index (χ2v) is 7.89. The number of likely N-dealkylation sites (tertiary alicyclic amines) is 1. The summed E-state index contributed by atoms with van der Waals surface area (Å²) in [6, 6.07) is 0.282. The molecule has 0 radical (unpaired) electrons. The van der Waals surface area contributed by atoms with Crippen LogP contribution in [0.4, 0.5) is 0 Å². The number of hydrogen-bond acceptors (Lipinski definition) is 5. The second-order valence-electron chi connectivity index (χ2n) is 6.24. The third-order valence-electron chi connectivity index (χ3n) is 4.68. The Morgan fingerprint density at radius 1 is 1.52 bits per heavy atom. The summed E-state index contributed by atoms with van der Waals surface area (Å²) in [6.45, 7) is 7.13. The molecule has 3 rings (SSSR count). The van der Waals surface area contributed by atoms with Crippen LogP contribution in [0.3, 0.4) is 0 Å². The standard InChI is InChI=1S/C17H22N4O2S2/c1-3-8-21-15-14(25-17(21)24)16(23)19(11-18-15)10-13(22)20-9-6-5-7-12(20)4-2/h3,11-12H,1,4-10H2,2H3. The third-order valence-corrected chi connectivity index (χ3v) is 6.11. The summed E-state index contributed by atoms with van der Waals surface area (Å²) in [7, 11) is 0. The molecule has 0 spiro atoms. The molecule has 1 aliphatic heterocycles. The molecule has 1 aliphatic rings. The van der Waals surface area contributed by atoms with Crippen molar-refractivity contribution in [1.82, 2.24) is 19.0 Å². The van der Waals surface area contributed by atoms with Gasteiger partial charge >= 0.3 is 0 Å². The van der Waals surface area contributed by atoms with Gasteiger partial charge in [0.25, 0.3) is 5.56 Å². The lowest BCUT2D eigenvalue weighted by Crippen LogP contribution is -2.45. The number of allylic oxidation sites excluding steroid dienone is 1. The molecular weight excluding hydrogens is 356 g/mol. The summed E-state index contributed by atoms with van der Waals surface area (Å²) < 4.78 is 4.27. The van der Waals surface area contributed by atoms with E-state index in [0.29, 0.717) is 20.8 Å². The number of piperidine rings is 1. The molecule has 2 aromatic rings. The monoisotopic (exact) mass is 378 g/mol. The zero-order valence-electron chi connectivity index (χ0n) is 14.3. The van der Waals surface area contributed by atoms with E-state index >= 15 is 0 Å². The lowest BCUT2D eigenvalue weighted by molar-refractivity contribution is -0.135. The van der Waals surface area contributed by atoms with Gasteiger partial charge in [0.2, 0.25) is 5.91 Å². The molecule has 8 heteroatoms.